The van der Waals surface area contributed by atoms with Crippen LogP contribution in [0.15, 0.2) is 12.3 Å². The van der Waals surface area contributed by atoms with Crippen molar-refractivity contribution in [2.24, 2.45) is 0 Å². The second kappa shape index (κ2) is 4.91. The summed E-state index contributed by atoms with van der Waals surface area (Å²) in [5, 5.41) is 0. The quantitative estimate of drug-likeness (QED) is 0.917. The maximum absolute atomic E-state index is 12.2. The third kappa shape index (κ3) is 2.76. The molecule has 3 rings (SSSR count). The Morgan fingerprint density at radius 2 is 1.86 bits per heavy atom. The van der Waals surface area contributed by atoms with Crippen molar-refractivity contribution in [2.75, 3.05) is 17.9 Å². The van der Waals surface area contributed by atoms with E-state index in [1.54, 1.807) is 13.1 Å². The predicted molar refractivity (Wildman–Crippen MR) is 79.6 cm³/mol. The number of hydrogen-bond donors (Lipinski definition) is 1. The van der Waals surface area contributed by atoms with Gasteiger partial charge in [-0.1, -0.05) is 6.92 Å². The Labute approximate surface area is 125 Å². The highest BCUT2D eigenvalue weighted by Gasteiger charge is 2.50. The van der Waals surface area contributed by atoms with Crippen LogP contribution < -0.4 is 4.72 Å². The van der Waals surface area contributed by atoms with Crippen molar-refractivity contribution in [1.82, 2.24) is 9.97 Å². The summed E-state index contributed by atoms with van der Waals surface area (Å²) in [4.78, 5) is 8.50. The Kier molecular flexibility index (Phi) is 3.44. The minimum Gasteiger partial charge on any atom is -0.381 e. The maximum atomic E-state index is 12.2. The minimum absolute atomic E-state index is 0.0785. The summed E-state index contributed by atoms with van der Waals surface area (Å²) in [6.45, 7) is 5.30. The van der Waals surface area contributed by atoms with E-state index >= 15 is 0 Å². The number of hydrogen-bond acceptors (Lipinski definition) is 5. The van der Waals surface area contributed by atoms with Gasteiger partial charge < -0.3 is 4.74 Å². The zero-order valence-electron chi connectivity index (χ0n) is 12.4. The fourth-order valence-electron chi connectivity index (χ4n) is 2.51. The van der Waals surface area contributed by atoms with Gasteiger partial charge in [0, 0.05) is 24.8 Å². The van der Waals surface area contributed by atoms with Gasteiger partial charge in [0.1, 0.15) is 0 Å². The lowest BCUT2D eigenvalue weighted by molar-refractivity contribution is 0.0550. The van der Waals surface area contributed by atoms with Gasteiger partial charge in [-0.05, 0) is 38.7 Å². The first kappa shape index (κ1) is 14.7. The van der Waals surface area contributed by atoms with E-state index < -0.39 is 14.8 Å². The molecule has 0 unspecified atom stereocenters. The van der Waals surface area contributed by atoms with Gasteiger partial charge in [-0.25, -0.2) is 18.4 Å². The zero-order valence-corrected chi connectivity index (χ0v) is 13.2. The van der Waals surface area contributed by atoms with Crippen molar-refractivity contribution < 1.29 is 13.2 Å². The lowest BCUT2D eigenvalue weighted by Crippen LogP contribution is -2.32. The Bertz CT molecular complexity index is 635. The van der Waals surface area contributed by atoms with Crippen LogP contribution in [0.5, 0.6) is 0 Å². The van der Waals surface area contributed by atoms with Gasteiger partial charge >= 0.3 is 0 Å². The molecule has 1 aliphatic carbocycles. The maximum Gasteiger partial charge on any atom is 0.240 e. The molecule has 1 saturated carbocycles. The molecule has 1 aromatic heterocycles. The smallest absolute Gasteiger partial charge is 0.240 e. The van der Waals surface area contributed by atoms with Crippen LogP contribution in [0.2, 0.25) is 0 Å². The Morgan fingerprint density at radius 3 is 2.48 bits per heavy atom. The Morgan fingerprint density at radius 1 is 1.19 bits per heavy atom. The SMILES string of the molecule is CC1(c2ccnc(NS(=O)(=O)C3(C)CC3)n2)CCOCC1. The molecule has 1 aromatic rings. The van der Waals surface area contributed by atoms with Crippen LogP contribution in [-0.4, -0.2) is 36.3 Å². The van der Waals surface area contributed by atoms with Crippen molar-refractivity contribution in [3.05, 3.63) is 18.0 Å². The molecule has 1 N–H and O–H groups in total. The van der Waals surface area contributed by atoms with E-state index in [0.29, 0.717) is 26.1 Å². The van der Waals surface area contributed by atoms with Crippen LogP contribution in [-0.2, 0) is 20.2 Å². The largest absolute Gasteiger partial charge is 0.381 e. The first-order valence-corrected chi connectivity index (χ1v) is 8.77. The third-order valence-corrected chi connectivity index (χ3v) is 6.86. The molecule has 0 atom stereocenters. The Hall–Kier alpha value is -1.21. The molecule has 2 aliphatic rings. The molecule has 116 valence electrons. The summed E-state index contributed by atoms with van der Waals surface area (Å²) in [5.74, 6) is 0.174. The average Bonchev–Trinajstić information content (AvgIpc) is 3.19. The van der Waals surface area contributed by atoms with Gasteiger partial charge in [0.25, 0.3) is 0 Å². The third-order valence-electron chi connectivity index (χ3n) is 4.70. The van der Waals surface area contributed by atoms with E-state index in [2.05, 4.69) is 21.6 Å². The molecular formula is C14H21N3O3S. The summed E-state index contributed by atoms with van der Waals surface area (Å²) in [6, 6.07) is 1.86. The predicted octanol–water partition coefficient (Wildman–Crippen LogP) is 1.84. The second-order valence-corrected chi connectivity index (χ2v) is 8.69. The highest BCUT2D eigenvalue weighted by atomic mass is 32.2. The normalized spacial score (nSPS) is 23.5. The van der Waals surface area contributed by atoms with Gasteiger partial charge in [-0.3, -0.25) is 4.72 Å². The number of nitrogens with one attached hydrogen (secondary N) is 1. The Balaban J connectivity index is 1.83. The molecule has 1 saturated heterocycles. The van der Waals surface area contributed by atoms with Gasteiger partial charge in [0.15, 0.2) is 0 Å². The van der Waals surface area contributed by atoms with Crippen molar-refractivity contribution in [3.8, 4) is 0 Å². The molecule has 0 aromatic carbocycles. The first-order valence-electron chi connectivity index (χ1n) is 7.28. The van der Waals surface area contributed by atoms with Crippen molar-refractivity contribution >= 4 is 16.0 Å². The summed E-state index contributed by atoms with van der Waals surface area (Å²) in [5.41, 5.74) is 0.796. The molecule has 0 amide bonds. The van der Waals surface area contributed by atoms with E-state index in [9.17, 15) is 8.42 Å². The van der Waals surface area contributed by atoms with Crippen LogP contribution in [0.3, 0.4) is 0 Å². The van der Waals surface area contributed by atoms with Gasteiger partial charge in [0.2, 0.25) is 16.0 Å². The lowest BCUT2D eigenvalue weighted by atomic mass is 9.79. The fraction of sp³-hybridized carbons (Fsp3) is 0.714. The van der Waals surface area contributed by atoms with E-state index in [4.69, 9.17) is 4.74 Å². The van der Waals surface area contributed by atoms with Crippen LogP contribution in [0.25, 0.3) is 0 Å². The monoisotopic (exact) mass is 311 g/mol. The molecule has 21 heavy (non-hydrogen) atoms. The standard InChI is InChI=1S/C14H21N3O3S/c1-13(6-9-20-10-7-13)11-3-8-15-12(16-11)17-21(18,19)14(2)4-5-14/h3,8H,4-7,9-10H2,1-2H3,(H,15,16,17). The number of rotatable bonds is 4. The highest BCUT2D eigenvalue weighted by Crippen LogP contribution is 2.43. The molecule has 1 aliphatic heterocycles. The van der Waals surface area contributed by atoms with Crippen LogP contribution in [0.4, 0.5) is 5.95 Å². The summed E-state index contributed by atoms with van der Waals surface area (Å²) in [6.07, 6.45) is 4.77. The highest BCUT2D eigenvalue weighted by molar-refractivity contribution is 7.94. The van der Waals surface area contributed by atoms with Crippen molar-refractivity contribution in [1.29, 1.82) is 0 Å². The molecule has 0 spiro atoms. The molecule has 7 heteroatoms. The van der Waals surface area contributed by atoms with Gasteiger partial charge in [-0.2, -0.15) is 0 Å². The molecule has 6 nitrogen and oxygen atoms in total. The fourth-order valence-corrected chi connectivity index (χ4v) is 3.73. The minimum atomic E-state index is -3.41. The molecule has 0 radical (unpaired) electrons. The molecular weight excluding hydrogens is 290 g/mol. The van der Waals surface area contributed by atoms with E-state index in [1.807, 2.05) is 6.07 Å². The lowest BCUT2D eigenvalue weighted by Gasteiger charge is -2.33. The van der Waals surface area contributed by atoms with Gasteiger partial charge in [-0.15, -0.1) is 0 Å². The number of anilines is 1. The van der Waals surface area contributed by atoms with Crippen LogP contribution >= 0.6 is 0 Å². The van der Waals surface area contributed by atoms with E-state index in [-0.39, 0.29) is 11.4 Å². The number of sulfonamides is 1. The van der Waals surface area contributed by atoms with Crippen molar-refractivity contribution in [3.63, 3.8) is 0 Å². The summed E-state index contributed by atoms with van der Waals surface area (Å²) in [7, 11) is -3.41. The molecule has 0 bridgehead atoms. The zero-order chi connectivity index (χ0) is 15.1. The molecule has 2 fully saturated rings. The van der Waals surface area contributed by atoms with Crippen molar-refractivity contribution in [2.45, 2.75) is 49.7 Å². The van der Waals surface area contributed by atoms with E-state index in [0.717, 1.165) is 18.5 Å². The number of aromatic nitrogens is 2. The van der Waals surface area contributed by atoms with Crippen LogP contribution in [0, 0.1) is 0 Å². The second-order valence-electron chi connectivity index (χ2n) is 6.49. The van der Waals surface area contributed by atoms with Gasteiger partial charge in [0.05, 0.1) is 10.4 Å². The number of ether oxygens (including phenoxy) is 1. The number of nitrogens with zero attached hydrogens (tertiary/aromatic N) is 2. The topological polar surface area (TPSA) is 81.2 Å². The van der Waals surface area contributed by atoms with Crippen LogP contribution in [0.1, 0.15) is 45.2 Å². The summed E-state index contributed by atoms with van der Waals surface area (Å²) < 4.78 is 31.8. The van der Waals surface area contributed by atoms with E-state index in [1.165, 1.54) is 0 Å². The first-order chi connectivity index (χ1) is 9.85. The average molecular weight is 311 g/mol. The summed E-state index contributed by atoms with van der Waals surface area (Å²) >= 11 is 0. The molecule has 2 heterocycles.